The van der Waals surface area contributed by atoms with E-state index < -0.39 is 0 Å². The van der Waals surface area contributed by atoms with Crippen LogP contribution in [0.1, 0.15) is 19.4 Å². The summed E-state index contributed by atoms with van der Waals surface area (Å²) in [5, 5.41) is 0. The molecule has 1 saturated heterocycles. The van der Waals surface area contributed by atoms with Gasteiger partial charge in [0.2, 0.25) is 0 Å². The van der Waals surface area contributed by atoms with Gasteiger partial charge in [-0.05, 0) is 36.1 Å². The molecule has 1 fully saturated rings. The lowest BCUT2D eigenvalue weighted by Gasteiger charge is -2.49. The molecule has 3 heteroatoms. The SMILES string of the molecule is CC(C)C(CN)C1(c2ccc(N(C)C)cc2)COC1. The number of ether oxygens (including phenoxy) is 1. The maximum atomic E-state index is 6.02. The molecule has 106 valence electrons. The van der Waals surface area contributed by atoms with Crippen molar-refractivity contribution in [3.8, 4) is 0 Å². The third-order valence-corrected chi connectivity index (χ3v) is 4.45. The molecular weight excluding hydrogens is 236 g/mol. The smallest absolute Gasteiger partial charge is 0.0588 e. The van der Waals surface area contributed by atoms with Crippen LogP contribution in [0.5, 0.6) is 0 Å². The fourth-order valence-electron chi connectivity index (χ4n) is 3.14. The standard InChI is InChI=1S/C16H26N2O/c1-12(2)15(9-17)16(10-19-11-16)13-5-7-14(8-6-13)18(3)4/h5-8,12,15H,9-11,17H2,1-4H3. The second-order valence-electron chi connectivity index (χ2n) is 6.18. The monoisotopic (exact) mass is 262 g/mol. The summed E-state index contributed by atoms with van der Waals surface area (Å²) < 4.78 is 5.54. The van der Waals surface area contributed by atoms with Crippen molar-refractivity contribution >= 4 is 5.69 Å². The Morgan fingerprint density at radius 2 is 1.79 bits per heavy atom. The van der Waals surface area contributed by atoms with Gasteiger partial charge in [-0.1, -0.05) is 26.0 Å². The molecule has 3 nitrogen and oxygen atoms in total. The molecular formula is C16H26N2O. The first kappa shape index (κ1) is 14.4. The Hall–Kier alpha value is -1.06. The molecule has 1 heterocycles. The molecule has 0 aromatic heterocycles. The normalized spacial score (nSPS) is 19.1. The molecule has 1 aromatic carbocycles. The highest BCUT2D eigenvalue weighted by atomic mass is 16.5. The van der Waals surface area contributed by atoms with E-state index in [0.717, 1.165) is 19.8 Å². The van der Waals surface area contributed by atoms with Gasteiger partial charge in [0.1, 0.15) is 0 Å². The van der Waals surface area contributed by atoms with E-state index in [4.69, 9.17) is 10.5 Å². The van der Waals surface area contributed by atoms with E-state index in [9.17, 15) is 0 Å². The molecule has 2 rings (SSSR count). The number of hydrogen-bond donors (Lipinski definition) is 1. The maximum absolute atomic E-state index is 6.02. The molecule has 0 bridgehead atoms. The Morgan fingerprint density at radius 3 is 2.11 bits per heavy atom. The first-order valence-corrected chi connectivity index (χ1v) is 7.07. The highest BCUT2D eigenvalue weighted by Crippen LogP contribution is 2.42. The van der Waals surface area contributed by atoms with Crippen molar-refractivity contribution < 1.29 is 4.74 Å². The van der Waals surface area contributed by atoms with Gasteiger partial charge in [0.25, 0.3) is 0 Å². The first-order valence-electron chi connectivity index (χ1n) is 7.07. The van der Waals surface area contributed by atoms with Gasteiger partial charge in [0, 0.05) is 25.2 Å². The molecule has 1 atom stereocenters. The second kappa shape index (κ2) is 5.51. The van der Waals surface area contributed by atoms with Gasteiger partial charge >= 0.3 is 0 Å². The molecule has 19 heavy (non-hydrogen) atoms. The van der Waals surface area contributed by atoms with Crippen LogP contribution >= 0.6 is 0 Å². The third kappa shape index (κ3) is 2.49. The molecule has 0 amide bonds. The van der Waals surface area contributed by atoms with Crippen LogP contribution in [0.4, 0.5) is 5.69 Å². The van der Waals surface area contributed by atoms with Gasteiger partial charge in [-0.3, -0.25) is 0 Å². The minimum absolute atomic E-state index is 0.119. The van der Waals surface area contributed by atoms with Crippen LogP contribution in [0.15, 0.2) is 24.3 Å². The average Bonchev–Trinajstić information content (AvgIpc) is 2.33. The number of nitrogens with two attached hydrogens (primary N) is 1. The zero-order valence-corrected chi connectivity index (χ0v) is 12.5. The van der Waals surface area contributed by atoms with E-state index in [0.29, 0.717) is 11.8 Å². The van der Waals surface area contributed by atoms with Gasteiger partial charge in [0.15, 0.2) is 0 Å². The zero-order valence-electron chi connectivity index (χ0n) is 12.5. The molecule has 1 aliphatic heterocycles. The highest BCUT2D eigenvalue weighted by Gasteiger charge is 2.47. The quantitative estimate of drug-likeness (QED) is 0.884. The minimum atomic E-state index is 0.119. The lowest BCUT2D eigenvalue weighted by Crippen LogP contribution is -2.56. The third-order valence-electron chi connectivity index (χ3n) is 4.45. The zero-order chi connectivity index (χ0) is 14.0. The van der Waals surface area contributed by atoms with E-state index in [2.05, 4.69) is 57.1 Å². The van der Waals surface area contributed by atoms with Crippen LogP contribution < -0.4 is 10.6 Å². The van der Waals surface area contributed by atoms with E-state index in [1.807, 2.05) is 0 Å². The van der Waals surface area contributed by atoms with Gasteiger partial charge in [0.05, 0.1) is 13.2 Å². The summed E-state index contributed by atoms with van der Waals surface area (Å²) in [6.45, 7) is 6.83. The molecule has 0 radical (unpaired) electrons. The van der Waals surface area contributed by atoms with Gasteiger partial charge < -0.3 is 15.4 Å². The van der Waals surface area contributed by atoms with E-state index in [1.165, 1.54) is 11.3 Å². The van der Waals surface area contributed by atoms with Crippen LogP contribution in [0.3, 0.4) is 0 Å². The fourth-order valence-corrected chi connectivity index (χ4v) is 3.14. The molecule has 0 spiro atoms. The van der Waals surface area contributed by atoms with Crippen molar-refractivity contribution in [3.05, 3.63) is 29.8 Å². The maximum Gasteiger partial charge on any atom is 0.0588 e. The van der Waals surface area contributed by atoms with Crippen LogP contribution in [0, 0.1) is 11.8 Å². The molecule has 1 aromatic rings. The Balaban J connectivity index is 2.30. The Morgan fingerprint density at radius 1 is 1.21 bits per heavy atom. The largest absolute Gasteiger partial charge is 0.379 e. The number of rotatable bonds is 5. The lowest BCUT2D eigenvalue weighted by molar-refractivity contribution is -0.0982. The van der Waals surface area contributed by atoms with Crippen LogP contribution in [-0.4, -0.2) is 33.9 Å². The Labute approximate surface area is 116 Å². The number of anilines is 1. The lowest BCUT2D eigenvalue weighted by atomic mass is 9.64. The van der Waals surface area contributed by atoms with E-state index in [1.54, 1.807) is 0 Å². The summed E-state index contributed by atoms with van der Waals surface area (Å²) in [7, 11) is 4.13. The van der Waals surface area contributed by atoms with Crippen molar-refractivity contribution in [2.75, 3.05) is 38.8 Å². The molecule has 0 aliphatic carbocycles. The second-order valence-corrected chi connectivity index (χ2v) is 6.18. The predicted octanol–water partition coefficient (Wildman–Crippen LogP) is 2.25. The molecule has 2 N–H and O–H groups in total. The molecule has 1 unspecified atom stereocenters. The topological polar surface area (TPSA) is 38.5 Å². The number of benzene rings is 1. The van der Waals surface area contributed by atoms with Crippen molar-refractivity contribution in [1.29, 1.82) is 0 Å². The average molecular weight is 262 g/mol. The summed E-state index contributed by atoms with van der Waals surface area (Å²) in [6.07, 6.45) is 0. The highest BCUT2D eigenvalue weighted by molar-refractivity contribution is 5.48. The Bertz CT molecular complexity index is 407. The summed E-state index contributed by atoms with van der Waals surface area (Å²) in [5.74, 6) is 1.05. The van der Waals surface area contributed by atoms with Crippen molar-refractivity contribution in [3.63, 3.8) is 0 Å². The summed E-state index contributed by atoms with van der Waals surface area (Å²) in [6, 6.07) is 8.85. The fraction of sp³-hybridized carbons (Fsp3) is 0.625. The predicted molar refractivity (Wildman–Crippen MR) is 80.6 cm³/mol. The molecule has 1 aliphatic rings. The summed E-state index contributed by atoms with van der Waals surface area (Å²) in [5.41, 5.74) is 8.74. The number of nitrogens with zero attached hydrogens (tertiary/aromatic N) is 1. The van der Waals surface area contributed by atoms with Crippen LogP contribution in [0.25, 0.3) is 0 Å². The summed E-state index contributed by atoms with van der Waals surface area (Å²) in [4.78, 5) is 2.12. The Kier molecular flexibility index (Phi) is 4.16. The van der Waals surface area contributed by atoms with Gasteiger partial charge in [-0.2, -0.15) is 0 Å². The van der Waals surface area contributed by atoms with Crippen LogP contribution in [0.2, 0.25) is 0 Å². The van der Waals surface area contributed by atoms with Crippen LogP contribution in [-0.2, 0) is 10.2 Å². The summed E-state index contributed by atoms with van der Waals surface area (Å²) >= 11 is 0. The van der Waals surface area contributed by atoms with Crippen molar-refractivity contribution in [2.45, 2.75) is 19.3 Å². The van der Waals surface area contributed by atoms with E-state index >= 15 is 0 Å². The van der Waals surface area contributed by atoms with Crippen molar-refractivity contribution in [2.24, 2.45) is 17.6 Å². The number of hydrogen-bond acceptors (Lipinski definition) is 3. The van der Waals surface area contributed by atoms with E-state index in [-0.39, 0.29) is 5.41 Å². The van der Waals surface area contributed by atoms with Gasteiger partial charge in [-0.15, -0.1) is 0 Å². The minimum Gasteiger partial charge on any atom is -0.379 e. The first-order chi connectivity index (χ1) is 9.01. The van der Waals surface area contributed by atoms with Crippen molar-refractivity contribution in [1.82, 2.24) is 0 Å². The molecule has 0 saturated carbocycles. The van der Waals surface area contributed by atoms with Gasteiger partial charge in [-0.25, -0.2) is 0 Å².